The highest BCUT2D eigenvalue weighted by molar-refractivity contribution is 5.90. The van der Waals surface area contributed by atoms with Gasteiger partial charge >= 0.3 is 5.97 Å². The van der Waals surface area contributed by atoms with E-state index in [1.54, 1.807) is 25.1 Å². The second kappa shape index (κ2) is 5.14. The van der Waals surface area contributed by atoms with Crippen LogP contribution in [0.4, 0.5) is 0 Å². The summed E-state index contributed by atoms with van der Waals surface area (Å²) < 4.78 is 10.6. The third-order valence-electron chi connectivity index (χ3n) is 2.92. The van der Waals surface area contributed by atoms with Gasteiger partial charge in [0.2, 0.25) is 0 Å². The maximum atomic E-state index is 11.1. The molecule has 0 radical (unpaired) electrons. The van der Waals surface area contributed by atoms with E-state index in [1.165, 1.54) is 0 Å². The van der Waals surface area contributed by atoms with Crippen LogP contribution in [0.25, 0.3) is 0 Å². The predicted octanol–water partition coefficient (Wildman–Crippen LogP) is 2.88. The second-order valence-electron chi connectivity index (χ2n) is 4.40. The Kier molecular flexibility index (Phi) is 3.55. The number of ether oxygens (including phenoxy) is 1. The molecule has 100 valence electrons. The fourth-order valence-electron chi connectivity index (χ4n) is 1.78. The van der Waals surface area contributed by atoms with E-state index in [2.05, 4.69) is 5.16 Å². The summed E-state index contributed by atoms with van der Waals surface area (Å²) in [6.07, 6.45) is 0. The van der Waals surface area contributed by atoms with Crippen molar-refractivity contribution in [3.8, 4) is 5.75 Å². The number of carboxylic acid groups (broad SMARTS) is 1. The van der Waals surface area contributed by atoms with Gasteiger partial charge in [-0.3, -0.25) is 0 Å². The van der Waals surface area contributed by atoms with Gasteiger partial charge in [-0.15, -0.1) is 0 Å². The quantitative estimate of drug-likeness (QED) is 0.916. The van der Waals surface area contributed by atoms with E-state index in [1.807, 2.05) is 13.8 Å². The van der Waals surface area contributed by atoms with E-state index in [0.29, 0.717) is 11.5 Å². The number of aromatic carboxylic acids is 1. The highest BCUT2D eigenvalue weighted by Crippen LogP contribution is 2.23. The van der Waals surface area contributed by atoms with Crippen LogP contribution in [-0.4, -0.2) is 16.2 Å². The van der Waals surface area contributed by atoms with Crippen molar-refractivity contribution < 1.29 is 19.2 Å². The number of hydrogen-bond acceptors (Lipinski definition) is 4. The van der Waals surface area contributed by atoms with Crippen molar-refractivity contribution >= 4 is 5.97 Å². The number of carbonyl (C=O) groups is 1. The molecule has 0 atom stereocenters. The molecule has 5 heteroatoms. The molecule has 0 bridgehead atoms. The van der Waals surface area contributed by atoms with Crippen LogP contribution in [0.5, 0.6) is 5.75 Å². The van der Waals surface area contributed by atoms with Crippen LogP contribution in [0.2, 0.25) is 0 Å². The Morgan fingerprint density at radius 3 is 2.68 bits per heavy atom. The zero-order valence-corrected chi connectivity index (χ0v) is 11.1. The molecule has 2 rings (SSSR count). The highest BCUT2D eigenvalue weighted by atomic mass is 16.5. The van der Waals surface area contributed by atoms with Crippen molar-refractivity contribution in [3.05, 3.63) is 46.3 Å². The lowest BCUT2D eigenvalue weighted by Gasteiger charge is -2.09. The molecule has 1 aromatic carbocycles. The first-order valence-corrected chi connectivity index (χ1v) is 5.87. The zero-order valence-electron chi connectivity index (χ0n) is 11.1. The molecule has 0 aliphatic rings. The molecule has 0 unspecified atom stereocenters. The van der Waals surface area contributed by atoms with E-state index in [-0.39, 0.29) is 12.2 Å². The Bertz CT molecular complexity index is 596. The summed E-state index contributed by atoms with van der Waals surface area (Å²) in [6.45, 7) is 5.75. The largest absolute Gasteiger partial charge is 0.488 e. The normalized spacial score (nSPS) is 10.5. The van der Waals surface area contributed by atoms with Gasteiger partial charge in [0.15, 0.2) is 0 Å². The van der Waals surface area contributed by atoms with E-state index in [0.717, 1.165) is 16.8 Å². The van der Waals surface area contributed by atoms with Gasteiger partial charge in [0, 0.05) is 0 Å². The van der Waals surface area contributed by atoms with Crippen LogP contribution < -0.4 is 4.74 Å². The van der Waals surface area contributed by atoms with Crippen LogP contribution >= 0.6 is 0 Å². The van der Waals surface area contributed by atoms with Crippen molar-refractivity contribution in [2.24, 2.45) is 0 Å². The smallest absolute Gasteiger partial charge is 0.339 e. The van der Waals surface area contributed by atoms with E-state index in [9.17, 15) is 4.79 Å². The third-order valence-corrected chi connectivity index (χ3v) is 2.92. The van der Waals surface area contributed by atoms with Crippen LogP contribution in [0, 0.1) is 20.8 Å². The second-order valence-corrected chi connectivity index (χ2v) is 4.40. The van der Waals surface area contributed by atoms with Crippen LogP contribution in [0.1, 0.15) is 32.9 Å². The Balaban J connectivity index is 2.24. The lowest BCUT2D eigenvalue weighted by molar-refractivity contribution is 0.0692. The first-order chi connectivity index (χ1) is 8.99. The van der Waals surface area contributed by atoms with Crippen molar-refractivity contribution in [1.82, 2.24) is 5.16 Å². The van der Waals surface area contributed by atoms with Crippen LogP contribution in [-0.2, 0) is 6.61 Å². The summed E-state index contributed by atoms with van der Waals surface area (Å²) in [5, 5.41) is 12.9. The molecule has 1 aromatic heterocycles. The number of benzene rings is 1. The molecule has 0 aliphatic carbocycles. The lowest BCUT2D eigenvalue weighted by Crippen LogP contribution is -2.04. The van der Waals surface area contributed by atoms with Gasteiger partial charge in [0.25, 0.3) is 0 Å². The number of aromatic nitrogens is 1. The monoisotopic (exact) mass is 261 g/mol. The molecular formula is C14H15NO4. The van der Waals surface area contributed by atoms with Gasteiger partial charge in [0.1, 0.15) is 23.7 Å². The first-order valence-electron chi connectivity index (χ1n) is 5.87. The average Bonchev–Trinajstić information content (AvgIpc) is 2.66. The van der Waals surface area contributed by atoms with Gasteiger partial charge < -0.3 is 14.4 Å². The number of hydrogen-bond donors (Lipinski definition) is 1. The first kappa shape index (κ1) is 13.1. The number of nitrogens with zero attached hydrogens (tertiary/aromatic N) is 1. The van der Waals surface area contributed by atoms with Gasteiger partial charge in [-0.25, -0.2) is 4.79 Å². The molecule has 0 saturated carbocycles. The van der Waals surface area contributed by atoms with Crippen molar-refractivity contribution in [2.75, 3.05) is 0 Å². The Hall–Kier alpha value is -2.30. The summed E-state index contributed by atoms with van der Waals surface area (Å²) in [5.41, 5.74) is 2.69. The fourth-order valence-corrected chi connectivity index (χ4v) is 1.78. The lowest BCUT2D eigenvalue weighted by atomic mass is 10.1. The molecule has 0 fully saturated rings. The summed E-state index contributed by atoms with van der Waals surface area (Å²) in [5.74, 6) is 0.0308. The topological polar surface area (TPSA) is 72.6 Å². The van der Waals surface area contributed by atoms with Crippen LogP contribution in [0.3, 0.4) is 0 Å². The summed E-state index contributed by atoms with van der Waals surface area (Å²) in [7, 11) is 0. The molecule has 0 aliphatic heterocycles. The summed E-state index contributed by atoms with van der Waals surface area (Å²) in [4.78, 5) is 11.1. The molecule has 1 heterocycles. The molecule has 0 amide bonds. The minimum absolute atomic E-state index is 0.150. The van der Waals surface area contributed by atoms with E-state index in [4.69, 9.17) is 14.4 Å². The molecule has 0 spiro atoms. The standard InChI is InChI=1S/C14H15NO4/c1-8-4-5-11(14(16)17)13(6-8)18-7-12-9(2)15-19-10(12)3/h4-6H,7H2,1-3H3,(H,16,17). The van der Waals surface area contributed by atoms with Gasteiger partial charge in [-0.1, -0.05) is 11.2 Å². The van der Waals surface area contributed by atoms with Crippen molar-refractivity contribution in [1.29, 1.82) is 0 Å². The molecule has 2 aromatic rings. The van der Waals surface area contributed by atoms with Gasteiger partial charge in [-0.05, 0) is 38.5 Å². The maximum Gasteiger partial charge on any atom is 0.339 e. The Morgan fingerprint density at radius 2 is 2.11 bits per heavy atom. The fraction of sp³-hybridized carbons (Fsp3) is 0.286. The van der Waals surface area contributed by atoms with E-state index >= 15 is 0 Å². The van der Waals surface area contributed by atoms with Crippen molar-refractivity contribution in [3.63, 3.8) is 0 Å². The van der Waals surface area contributed by atoms with Gasteiger partial charge in [-0.2, -0.15) is 0 Å². The summed E-state index contributed by atoms with van der Waals surface area (Å²) in [6, 6.07) is 4.99. The van der Waals surface area contributed by atoms with Crippen LogP contribution in [0.15, 0.2) is 22.7 Å². The molecule has 1 N–H and O–H groups in total. The SMILES string of the molecule is Cc1ccc(C(=O)O)c(OCc2c(C)noc2C)c1. The van der Waals surface area contributed by atoms with Crippen molar-refractivity contribution in [2.45, 2.75) is 27.4 Å². The number of rotatable bonds is 4. The number of carboxylic acids is 1. The highest BCUT2D eigenvalue weighted by Gasteiger charge is 2.14. The Labute approximate surface area is 110 Å². The maximum absolute atomic E-state index is 11.1. The third kappa shape index (κ3) is 2.76. The van der Waals surface area contributed by atoms with Gasteiger partial charge in [0.05, 0.1) is 11.3 Å². The summed E-state index contributed by atoms with van der Waals surface area (Å²) >= 11 is 0. The predicted molar refractivity (Wildman–Crippen MR) is 68.4 cm³/mol. The average molecular weight is 261 g/mol. The zero-order chi connectivity index (χ0) is 14.0. The molecule has 5 nitrogen and oxygen atoms in total. The molecule has 0 saturated heterocycles. The molecular weight excluding hydrogens is 246 g/mol. The minimum Gasteiger partial charge on any atom is -0.488 e. The minimum atomic E-state index is -1.01. The Morgan fingerprint density at radius 1 is 1.37 bits per heavy atom. The van der Waals surface area contributed by atoms with E-state index < -0.39 is 5.97 Å². The number of aryl methyl sites for hydroxylation is 3. The molecule has 19 heavy (non-hydrogen) atoms.